The predicted octanol–water partition coefficient (Wildman–Crippen LogP) is 5.51. The first-order valence-corrected chi connectivity index (χ1v) is 17.7. The van der Waals surface area contributed by atoms with Crippen LogP contribution in [0.5, 0.6) is 0 Å². The van der Waals surface area contributed by atoms with Gasteiger partial charge in [-0.1, -0.05) is 114 Å². The van der Waals surface area contributed by atoms with E-state index in [0.717, 1.165) is 60.7 Å². The number of para-hydroxylation sites is 3. The molecule has 3 aromatic heterocycles. The minimum Gasteiger partial charge on any atom is -0.455 e. The van der Waals surface area contributed by atoms with Crippen LogP contribution < -0.4 is 27.3 Å². The molecule has 0 fully saturated rings. The maximum atomic E-state index is 6.72. The Labute approximate surface area is 323 Å². The van der Waals surface area contributed by atoms with Crippen molar-refractivity contribution in [2.45, 2.75) is 0 Å². The van der Waals surface area contributed by atoms with Crippen molar-refractivity contribution in [2.75, 3.05) is 0 Å². The standard InChI is InChI=1S/C45H23B5N4O/c46-37-36(38(47)40(49)41(50)39(37)48)45-52-43(24-11-3-1-4-12-24)51-44(53-45)30-18-10-20-34-35(30)29-17-9-16-27(42(29)55-34)25-21-22-33-31(23-25)28-15-7-8-19-32(28)54(33)26-13-5-2-6-14-26/h1-23H. The summed E-state index contributed by atoms with van der Waals surface area (Å²) < 4.78 is 9.03. The summed E-state index contributed by atoms with van der Waals surface area (Å²) in [6, 6.07) is 47.2. The quantitative estimate of drug-likeness (QED) is 0.224. The number of rotatable bonds is 5. The average molecular weight is 690 g/mol. The first-order chi connectivity index (χ1) is 26.9. The number of aromatic nitrogens is 4. The molecule has 5 nitrogen and oxygen atoms in total. The maximum Gasteiger partial charge on any atom is 0.164 e. The van der Waals surface area contributed by atoms with Gasteiger partial charge in [-0.25, -0.2) is 15.0 Å². The summed E-state index contributed by atoms with van der Waals surface area (Å²) in [5.41, 5.74) is 9.25. The fraction of sp³-hybridized carbons (Fsp3) is 0. The van der Waals surface area contributed by atoms with Gasteiger partial charge in [0.1, 0.15) is 50.4 Å². The topological polar surface area (TPSA) is 56.7 Å². The molecule has 10 aromatic rings. The molecule has 10 heteroatoms. The third-order valence-corrected chi connectivity index (χ3v) is 10.4. The summed E-state index contributed by atoms with van der Waals surface area (Å²) in [5.74, 6) is 1.03. The van der Waals surface area contributed by atoms with Crippen LogP contribution in [0.1, 0.15) is 0 Å². The monoisotopic (exact) mass is 690 g/mol. The average Bonchev–Trinajstić information content (AvgIpc) is 3.78. The molecule has 0 saturated heterocycles. The molecule has 0 spiro atoms. The zero-order chi connectivity index (χ0) is 37.4. The van der Waals surface area contributed by atoms with Crippen molar-refractivity contribution in [1.29, 1.82) is 0 Å². The van der Waals surface area contributed by atoms with Crippen LogP contribution in [0.4, 0.5) is 0 Å². The highest BCUT2D eigenvalue weighted by Gasteiger charge is 2.22. The van der Waals surface area contributed by atoms with Crippen LogP contribution in [0.25, 0.3) is 94.7 Å². The summed E-state index contributed by atoms with van der Waals surface area (Å²) in [6.45, 7) is 0. The number of furan rings is 1. The minimum absolute atomic E-state index is 0.114. The minimum atomic E-state index is 0.114. The highest BCUT2D eigenvalue weighted by atomic mass is 16.3. The van der Waals surface area contributed by atoms with Gasteiger partial charge in [-0.2, -0.15) is 0 Å². The van der Waals surface area contributed by atoms with Gasteiger partial charge in [0.2, 0.25) is 0 Å². The highest BCUT2D eigenvalue weighted by molar-refractivity contribution is 6.68. The smallest absolute Gasteiger partial charge is 0.164 e. The van der Waals surface area contributed by atoms with E-state index in [0.29, 0.717) is 22.8 Å². The van der Waals surface area contributed by atoms with Gasteiger partial charge in [-0.05, 0) is 42.0 Å². The van der Waals surface area contributed by atoms with Crippen molar-refractivity contribution >= 4 is 110 Å². The molecule has 0 amide bonds. The van der Waals surface area contributed by atoms with E-state index < -0.39 is 0 Å². The zero-order valence-corrected chi connectivity index (χ0v) is 29.4. The number of fused-ring (bicyclic) bond motifs is 6. The van der Waals surface area contributed by atoms with Crippen LogP contribution in [-0.2, 0) is 0 Å². The van der Waals surface area contributed by atoms with E-state index in [1.807, 2.05) is 54.6 Å². The number of hydrogen-bond donors (Lipinski definition) is 0. The van der Waals surface area contributed by atoms with E-state index in [9.17, 15) is 0 Å². The molecule has 244 valence electrons. The first-order valence-electron chi connectivity index (χ1n) is 17.7. The Balaban J connectivity index is 1.19. The third-order valence-electron chi connectivity index (χ3n) is 10.4. The van der Waals surface area contributed by atoms with Crippen molar-refractivity contribution in [3.8, 4) is 51.0 Å². The van der Waals surface area contributed by atoms with Crippen LogP contribution in [-0.4, -0.2) is 58.8 Å². The van der Waals surface area contributed by atoms with Gasteiger partial charge in [-0.15, -0.1) is 16.4 Å². The van der Waals surface area contributed by atoms with E-state index in [-0.39, 0.29) is 33.1 Å². The first kappa shape index (κ1) is 33.1. The second-order valence-corrected chi connectivity index (χ2v) is 13.5. The molecule has 10 rings (SSSR count). The largest absolute Gasteiger partial charge is 0.455 e. The van der Waals surface area contributed by atoms with Gasteiger partial charge >= 0.3 is 0 Å². The Morgan fingerprint density at radius 1 is 0.436 bits per heavy atom. The fourth-order valence-electron chi connectivity index (χ4n) is 7.67. The van der Waals surface area contributed by atoms with Crippen LogP contribution in [0.15, 0.2) is 144 Å². The lowest BCUT2D eigenvalue weighted by Crippen LogP contribution is -2.55. The van der Waals surface area contributed by atoms with Gasteiger partial charge in [0.05, 0.1) is 11.0 Å². The second-order valence-electron chi connectivity index (χ2n) is 13.5. The SMILES string of the molecule is [B]c1c([B])c([B])c(-c2nc(-c3ccccc3)nc(-c3cccc4oc5c(-c6ccc7c(c6)c6ccccc6n7-c6ccccc6)cccc5c34)n2)c([B])c1[B]. The second kappa shape index (κ2) is 12.8. The van der Waals surface area contributed by atoms with E-state index in [1.165, 1.54) is 5.39 Å². The van der Waals surface area contributed by atoms with Crippen LogP contribution >= 0.6 is 0 Å². The molecular weight excluding hydrogens is 667 g/mol. The number of nitrogens with zero attached hydrogens (tertiary/aromatic N) is 4. The van der Waals surface area contributed by atoms with E-state index in [2.05, 4.69) is 89.5 Å². The molecule has 0 aliphatic heterocycles. The van der Waals surface area contributed by atoms with Crippen molar-refractivity contribution in [2.24, 2.45) is 0 Å². The van der Waals surface area contributed by atoms with Crippen molar-refractivity contribution in [3.63, 3.8) is 0 Å². The lowest BCUT2D eigenvalue weighted by atomic mass is 9.60. The molecule has 0 atom stereocenters. The third kappa shape index (κ3) is 5.19. The Bertz CT molecular complexity index is 3130. The molecule has 0 unspecified atom stereocenters. The molecular formula is C45H23B5N4O. The Morgan fingerprint density at radius 2 is 1.04 bits per heavy atom. The summed E-state index contributed by atoms with van der Waals surface area (Å²) >= 11 is 0. The van der Waals surface area contributed by atoms with Gasteiger partial charge < -0.3 is 8.98 Å². The Morgan fingerprint density at radius 3 is 1.82 bits per heavy atom. The number of benzene rings is 7. The molecule has 0 aliphatic rings. The fourth-order valence-corrected chi connectivity index (χ4v) is 7.67. The lowest BCUT2D eigenvalue weighted by Gasteiger charge is -2.20. The van der Waals surface area contributed by atoms with E-state index in [4.69, 9.17) is 58.6 Å². The molecule has 3 heterocycles. The molecule has 0 aliphatic carbocycles. The van der Waals surface area contributed by atoms with Gasteiger partial charge in [0.25, 0.3) is 0 Å². The number of hydrogen-bond acceptors (Lipinski definition) is 4. The van der Waals surface area contributed by atoms with E-state index in [1.54, 1.807) is 0 Å². The molecule has 7 aromatic carbocycles. The summed E-state index contributed by atoms with van der Waals surface area (Å²) in [7, 11) is 31.8. The van der Waals surface area contributed by atoms with Crippen molar-refractivity contribution in [1.82, 2.24) is 19.5 Å². The van der Waals surface area contributed by atoms with Crippen LogP contribution in [0.2, 0.25) is 0 Å². The molecule has 0 N–H and O–H groups in total. The van der Waals surface area contributed by atoms with E-state index >= 15 is 0 Å². The summed E-state index contributed by atoms with van der Waals surface area (Å²) in [6.07, 6.45) is 0. The van der Waals surface area contributed by atoms with Crippen molar-refractivity contribution in [3.05, 3.63) is 140 Å². The molecule has 55 heavy (non-hydrogen) atoms. The van der Waals surface area contributed by atoms with Gasteiger partial charge in [0.15, 0.2) is 17.5 Å². The van der Waals surface area contributed by atoms with Crippen molar-refractivity contribution < 1.29 is 4.42 Å². The molecule has 0 bridgehead atoms. The molecule has 10 radical (unpaired) electrons. The normalized spacial score (nSPS) is 11.6. The molecule has 0 saturated carbocycles. The lowest BCUT2D eigenvalue weighted by molar-refractivity contribution is 0.670. The summed E-state index contributed by atoms with van der Waals surface area (Å²) in [4.78, 5) is 14.8. The van der Waals surface area contributed by atoms with Gasteiger partial charge in [0, 0.05) is 49.5 Å². The van der Waals surface area contributed by atoms with Gasteiger partial charge in [-0.3, -0.25) is 0 Å². The Hall–Kier alpha value is -6.53. The Kier molecular flexibility index (Phi) is 7.70. The predicted molar refractivity (Wildman–Crippen MR) is 230 cm³/mol. The zero-order valence-electron chi connectivity index (χ0n) is 29.4. The summed E-state index contributed by atoms with van der Waals surface area (Å²) in [5, 5.41) is 4.10. The van der Waals surface area contributed by atoms with Crippen LogP contribution in [0, 0.1) is 0 Å². The van der Waals surface area contributed by atoms with Crippen LogP contribution in [0.3, 0.4) is 0 Å². The highest BCUT2D eigenvalue weighted by Crippen LogP contribution is 2.42. The maximum absolute atomic E-state index is 6.72.